The van der Waals surface area contributed by atoms with Crippen LogP contribution in [0.4, 0.5) is 4.39 Å². The van der Waals surface area contributed by atoms with Gasteiger partial charge < -0.3 is 10.2 Å². The molecule has 1 aliphatic rings. The molecule has 0 bridgehead atoms. The number of piperidine rings is 1. The maximum atomic E-state index is 13.8. The fourth-order valence-corrected chi connectivity index (χ4v) is 2.91. The van der Waals surface area contributed by atoms with Gasteiger partial charge in [-0.1, -0.05) is 17.7 Å². The summed E-state index contributed by atoms with van der Waals surface area (Å²) in [5.41, 5.74) is -0.0394. The summed E-state index contributed by atoms with van der Waals surface area (Å²) in [4.78, 5) is 14.1. The van der Waals surface area contributed by atoms with E-state index in [1.165, 1.54) is 6.07 Å². The first kappa shape index (κ1) is 15.3. The second kappa shape index (κ2) is 6.10. The van der Waals surface area contributed by atoms with Gasteiger partial charge in [0.15, 0.2) is 0 Å². The molecule has 1 unspecified atom stereocenters. The van der Waals surface area contributed by atoms with Gasteiger partial charge in [0.05, 0.1) is 5.41 Å². The number of halogens is 2. The van der Waals surface area contributed by atoms with Crippen molar-refractivity contribution in [2.24, 2.45) is 5.41 Å². The Morgan fingerprint density at radius 1 is 1.55 bits per heavy atom. The van der Waals surface area contributed by atoms with Crippen LogP contribution in [-0.2, 0) is 11.3 Å². The molecule has 3 nitrogen and oxygen atoms in total. The monoisotopic (exact) mass is 298 g/mol. The second-order valence-corrected chi connectivity index (χ2v) is 6.11. The number of carbonyl (C=O) groups is 1. The van der Waals surface area contributed by atoms with Crippen LogP contribution in [0.15, 0.2) is 18.2 Å². The van der Waals surface area contributed by atoms with E-state index in [0.29, 0.717) is 17.1 Å². The van der Waals surface area contributed by atoms with Crippen LogP contribution in [0, 0.1) is 11.2 Å². The molecule has 1 aromatic rings. The molecule has 2 rings (SSSR count). The molecular formula is C15H20ClFN2O. The molecule has 1 fully saturated rings. The topological polar surface area (TPSA) is 32.3 Å². The van der Waals surface area contributed by atoms with Crippen LogP contribution in [0.25, 0.3) is 0 Å². The van der Waals surface area contributed by atoms with E-state index in [1.807, 2.05) is 6.92 Å². The summed E-state index contributed by atoms with van der Waals surface area (Å²) in [6.07, 6.45) is 1.84. The fourth-order valence-electron chi connectivity index (χ4n) is 2.69. The highest BCUT2D eigenvalue weighted by atomic mass is 35.5. The van der Waals surface area contributed by atoms with Crippen molar-refractivity contribution in [3.05, 3.63) is 34.6 Å². The quantitative estimate of drug-likeness (QED) is 0.930. The highest BCUT2D eigenvalue weighted by molar-refractivity contribution is 6.31. The number of hydrogen-bond acceptors (Lipinski definition) is 2. The second-order valence-electron chi connectivity index (χ2n) is 5.70. The van der Waals surface area contributed by atoms with Gasteiger partial charge >= 0.3 is 0 Å². The Labute approximate surface area is 124 Å². The van der Waals surface area contributed by atoms with Crippen LogP contribution in [-0.4, -0.2) is 30.9 Å². The maximum absolute atomic E-state index is 13.8. The Bertz CT molecular complexity index is 480. The number of amides is 1. The molecule has 0 radical (unpaired) electrons. The van der Waals surface area contributed by atoms with E-state index in [0.717, 1.165) is 19.4 Å². The van der Waals surface area contributed by atoms with Gasteiger partial charge in [0.25, 0.3) is 0 Å². The van der Waals surface area contributed by atoms with Crippen LogP contribution >= 0.6 is 11.6 Å². The van der Waals surface area contributed by atoms with Crippen LogP contribution in [0.1, 0.15) is 25.3 Å². The molecule has 1 N–H and O–H groups in total. The third-order valence-electron chi connectivity index (χ3n) is 3.92. The highest BCUT2D eigenvalue weighted by Gasteiger charge is 2.36. The number of nitrogens with one attached hydrogen (secondary N) is 1. The molecule has 1 saturated heterocycles. The van der Waals surface area contributed by atoms with E-state index in [2.05, 4.69) is 5.32 Å². The van der Waals surface area contributed by atoms with Gasteiger partial charge in [-0.15, -0.1) is 0 Å². The lowest BCUT2D eigenvalue weighted by Crippen LogP contribution is -2.49. The zero-order chi connectivity index (χ0) is 14.8. The van der Waals surface area contributed by atoms with Crippen molar-refractivity contribution in [1.82, 2.24) is 10.2 Å². The third-order valence-corrected chi connectivity index (χ3v) is 4.27. The number of nitrogens with zero attached hydrogens (tertiary/aromatic N) is 1. The standard InChI is InChI=1S/C15H20ClFN2O/c1-15(7-4-8-18-10-15)14(20)19(2)9-11-12(16)5-3-6-13(11)17/h3,5-6,18H,4,7-10H2,1-2H3. The number of rotatable bonds is 3. The first-order chi connectivity index (χ1) is 9.44. The molecule has 5 heteroatoms. The Morgan fingerprint density at radius 2 is 2.30 bits per heavy atom. The molecule has 1 atom stereocenters. The van der Waals surface area contributed by atoms with E-state index in [-0.39, 0.29) is 18.3 Å². The first-order valence-electron chi connectivity index (χ1n) is 6.83. The Kier molecular flexibility index (Phi) is 4.66. The minimum atomic E-state index is -0.412. The van der Waals surface area contributed by atoms with Gasteiger partial charge in [-0.05, 0) is 38.4 Å². The molecule has 1 aromatic carbocycles. The van der Waals surface area contributed by atoms with Crippen LogP contribution < -0.4 is 5.32 Å². The van der Waals surface area contributed by atoms with Gasteiger partial charge in [0.1, 0.15) is 5.82 Å². The summed E-state index contributed by atoms with van der Waals surface area (Å²) in [6, 6.07) is 4.57. The van der Waals surface area contributed by atoms with Crippen LogP contribution in [0.3, 0.4) is 0 Å². The Morgan fingerprint density at radius 3 is 2.90 bits per heavy atom. The van der Waals surface area contributed by atoms with Crippen molar-refractivity contribution in [2.45, 2.75) is 26.3 Å². The number of carbonyl (C=O) groups excluding carboxylic acids is 1. The minimum absolute atomic E-state index is 0.0315. The van der Waals surface area contributed by atoms with Gasteiger partial charge in [-0.3, -0.25) is 4.79 Å². The molecule has 0 spiro atoms. The summed E-state index contributed by atoms with van der Waals surface area (Å²) < 4.78 is 13.8. The summed E-state index contributed by atoms with van der Waals surface area (Å²) >= 11 is 6.01. The highest BCUT2D eigenvalue weighted by Crippen LogP contribution is 2.29. The summed E-state index contributed by atoms with van der Waals surface area (Å²) in [6.45, 7) is 3.77. The van der Waals surface area contributed by atoms with Gasteiger partial charge in [0, 0.05) is 30.7 Å². The van der Waals surface area contributed by atoms with Crippen molar-refractivity contribution in [3.8, 4) is 0 Å². The number of benzene rings is 1. The van der Waals surface area contributed by atoms with Crippen LogP contribution in [0.5, 0.6) is 0 Å². The molecule has 1 aliphatic heterocycles. The van der Waals surface area contributed by atoms with Crippen molar-refractivity contribution in [1.29, 1.82) is 0 Å². The molecule has 0 aromatic heterocycles. The molecule has 0 aliphatic carbocycles. The molecule has 20 heavy (non-hydrogen) atoms. The average Bonchev–Trinajstić information content (AvgIpc) is 2.43. The summed E-state index contributed by atoms with van der Waals surface area (Å²) in [5, 5.41) is 3.61. The Balaban J connectivity index is 2.11. The third kappa shape index (κ3) is 3.13. The summed E-state index contributed by atoms with van der Waals surface area (Å²) in [7, 11) is 1.70. The van der Waals surface area contributed by atoms with E-state index in [4.69, 9.17) is 11.6 Å². The zero-order valence-electron chi connectivity index (χ0n) is 11.9. The van der Waals surface area contributed by atoms with Crippen molar-refractivity contribution >= 4 is 17.5 Å². The normalized spacial score (nSPS) is 22.6. The van der Waals surface area contributed by atoms with Gasteiger partial charge in [0.2, 0.25) is 5.91 Å². The van der Waals surface area contributed by atoms with E-state index in [9.17, 15) is 9.18 Å². The lowest BCUT2D eigenvalue weighted by molar-refractivity contribution is -0.141. The molecular weight excluding hydrogens is 279 g/mol. The maximum Gasteiger partial charge on any atom is 0.229 e. The van der Waals surface area contributed by atoms with E-state index < -0.39 is 5.41 Å². The van der Waals surface area contributed by atoms with Crippen LogP contribution in [0.2, 0.25) is 5.02 Å². The van der Waals surface area contributed by atoms with Crippen molar-refractivity contribution in [3.63, 3.8) is 0 Å². The number of hydrogen-bond donors (Lipinski definition) is 1. The predicted octanol–water partition coefficient (Wildman–Crippen LogP) is 2.83. The minimum Gasteiger partial charge on any atom is -0.341 e. The average molecular weight is 299 g/mol. The lowest BCUT2D eigenvalue weighted by atomic mass is 9.81. The smallest absolute Gasteiger partial charge is 0.229 e. The first-order valence-corrected chi connectivity index (χ1v) is 7.21. The van der Waals surface area contributed by atoms with E-state index >= 15 is 0 Å². The zero-order valence-corrected chi connectivity index (χ0v) is 12.6. The predicted molar refractivity (Wildman–Crippen MR) is 78.1 cm³/mol. The molecule has 0 saturated carbocycles. The van der Waals surface area contributed by atoms with Gasteiger partial charge in [-0.25, -0.2) is 4.39 Å². The SMILES string of the molecule is CN(Cc1c(F)cccc1Cl)C(=O)C1(C)CCCNC1. The molecule has 1 amide bonds. The Hall–Kier alpha value is -1.13. The van der Waals surface area contributed by atoms with Crippen molar-refractivity contribution < 1.29 is 9.18 Å². The fraction of sp³-hybridized carbons (Fsp3) is 0.533. The molecule has 1 heterocycles. The summed E-state index contributed by atoms with van der Waals surface area (Å²) in [5.74, 6) is -0.340. The lowest BCUT2D eigenvalue weighted by Gasteiger charge is -2.36. The largest absolute Gasteiger partial charge is 0.341 e. The van der Waals surface area contributed by atoms with Crippen molar-refractivity contribution in [2.75, 3.05) is 20.1 Å². The van der Waals surface area contributed by atoms with E-state index in [1.54, 1.807) is 24.1 Å². The van der Waals surface area contributed by atoms with Gasteiger partial charge in [-0.2, -0.15) is 0 Å². The molecule has 110 valence electrons.